The number of hydrogen-bond acceptors (Lipinski definition) is 3. The van der Waals surface area contributed by atoms with Gasteiger partial charge in [-0.1, -0.05) is 49.6 Å². The van der Waals surface area contributed by atoms with E-state index in [1.165, 1.54) is 32.1 Å². The molecule has 1 aromatic rings. The monoisotopic (exact) mass is 399 g/mol. The van der Waals surface area contributed by atoms with Crippen molar-refractivity contribution in [2.24, 2.45) is 0 Å². The van der Waals surface area contributed by atoms with E-state index in [4.69, 9.17) is 0 Å². The van der Waals surface area contributed by atoms with Crippen LogP contribution in [0.15, 0.2) is 30.3 Å². The molecule has 1 saturated carbocycles. The van der Waals surface area contributed by atoms with E-state index in [2.05, 4.69) is 4.90 Å². The lowest BCUT2D eigenvalue weighted by atomic mass is 9.73. The van der Waals surface area contributed by atoms with Crippen LogP contribution < -0.4 is 0 Å². The number of rotatable bonds is 3. The number of benzene rings is 1. The minimum atomic E-state index is -0.877. The van der Waals surface area contributed by atoms with E-state index in [0.29, 0.717) is 32.0 Å². The predicted molar refractivity (Wildman–Crippen MR) is 112 cm³/mol. The molecule has 158 valence electrons. The molecule has 1 aliphatic carbocycles. The number of urea groups is 1. The van der Waals surface area contributed by atoms with Crippen molar-refractivity contribution in [2.45, 2.75) is 56.4 Å². The first-order chi connectivity index (χ1) is 14.1. The first-order valence-corrected chi connectivity index (χ1v) is 11.2. The Morgan fingerprint density at radius 1 is 0.828 bits per heavy atom. The topological polar surface area (TPSA) is 64.1 Å². The molecule has 6 heteroatoms. The number of nitrogens with zero attached hydrogens (tertiary/aromatic N) is 3. The van der Waals surface area contributed by atoms with Gasteiger partial charge in [0.2, 0.25) is 0 Å². The van der Waals surface area contributed by atoms with E-state index in [1.807, 2.05) is 40.1 Å². The Hall–Kier alpha value is -2.08. The van der Waals surface area contributed by atoms with Gasteiger partial charge in [-0.15, -0.1) is 0 Å². The van der Waals surface area contributed by atoms with Gasteiger partial charge in [-0.25, -0.2) is 4.79 Å². The molecule has 29 heavy (non-hydrogen) atoms. The maximum atomic E-state index is 13.0. The second-order valence-corrected chi connectivity index (χ2v) is 8.84. The number of hydrogen-bond donors (Lipinski definition) is 1. The standard InChI is InChI=1S/C23H33N3O3/c27-21(28)23(19-7-3-1-4-8-19)11-13-25(14-12-23)22(29)26-17-15-24(16-18-26)20-9-5-2-6-10-20/h1,3-4,7-8,20H,2,5-6,9-18H2,(H,27,28). The quantitative estimate of drug-likeness (QED) is 0.848. The molecule has 0 bridgehead atoms. The molecule has 0 radical (unpaired) electrons. The van der Waals surface area contributed by atoms with Crippen LogP contribution in [0, 0.1) is 0 Å². The van der Waals surface area contributed by atoms with Gasteiger partial charge in [0.25, 0.3) is 0 Å². The third-order valence-electron chi connectivity index (χ3n) is 7.30. The highest BCUT2D eigenvalue weighted by molar-refractivity contribution is 5.82. The molecule has 0 spiro atoms. The highest BCUT2D eigenvalue weighted by atomic mass is 16.4. The van der Waals surface area contributed by atoms with Gasteiger partial charge in [0, 0.05) is 45.3 Å². The first kappa shape index (κ1) is 20.2. The van der Waals surface area contributed by atoms with Crippen molar-refractivity contribution < 1.29 is 14.7 Å². The Labute approximate surface area is 173 Å². The Kier molecular flexibility index (Phi) is 6.09. The van der Waals surface area contributed by atoms with Crippen molar-refractivity contribution >= 4 is 12.0 Å². The largest absolute Gasteiger partial charge is 0.481 e. The van der Waals surface area contributed by atoms with Crippen LogP contribution in [0.1, 0.15) is 50.5 Å². The van der Waals surface area contributed by atoms with E-state index < -0.39 is 11.4 Å². The maximum absolute atomic E-state index is 13.0. The van der Waals surface area contributed by atoms with Crippen LogP contribution >= 0.6 is 0 Å². The average Bonchev–Trinajstić information content (AvgIpc) is 2.80. The molecule has 2 aliphatic heterocycles. The smallest absolute Gasteiger partial charge is 0.320 e. The summed E-state index contributed by atoms with van der Waals surface area (Å²) in [6.45, 7) is 4.51. The fraction of sp³-hybridized carbons (Fsp3) is 0.652. The number of likely N-dealkylation sites (tertiary alicyclic amines) is 1. The molecule has 0 unspecified atom stereocenters. The van der Waals surface area contributed by atoms with Gasteiger partial charge >= 0.3 is 12.0 Å². The molecular formula is C23H33N3O3. The molecule has 3 fully saturated rings. The van der Waals surface area contributed by atoms with Crippen LogP contribution in [0.3, 0.4) is 0 Å². The molecule has 6 nitrogen and oxygen atoms in total. The number of carbonyl (C=O) groups is 2. The van der Waals surface area contributed by atoms with E-state index >= 15 is 0 Å². The van der Waals surface area contributed by atoms with Gasteiger partial charge in [-0.2, -0.15) is 0 Å². The summed E-state index contributed by atoms with van der Waals surface area (Å²) < 4.78 is 0. The van der Waals surface area contributed by atoms with Crippen LogP contribution in [0.25, 0.3) is 0 Å². The number of carbonyl (C=O) groups excluding carboxylic acids is 1. The minimum absolute atomic E-state index is 0.0837. The Bertz CT molecular complexity index is 701. The van der Waals surface area contributed by atoms with Gasteiger partial charge in [-0.3, -0.25) is 9.69 Å². The molecular weight excluding hydrogens is 366 g/mol. The van der Waals surface area contributed by atoms with Crippen molar-refractivity contribution in [2.75, 3.05) is 39.3 Å². The Morgan fingerprint density at radius 3 is 2.00 bits per heavy atom. The second-order valence-electron chi connectivity index (χ2n) is 8.84. The van der Waals surface area contributed by atoms with Crippen LogP contribution in [0.5, 0.6) is 0 Å². The zero-order valence-electron chi connectivity index (χ0n) is 17.3. The lowest BCUT2D eigenvalue weighted by Crippen LogP contribution is -2.57. The van der Waals surface area contributed by atoms with Crippen LogP contribution in [0.4, 0.5) is 4.79 Å². The molecule has 4 rings (SSSR count). The molecule has 2 heterocycles. The summed E-state index contributed by atoms with van der Waals surface area (Å²) in [5, 5.41) is 9.95. The lowest BCUT2D eigenvalue weighted by Gasteiger charge is -2.44. The summed E-state index contributed by atoms with van der Waals surface area (Å²) >= 11 is 0. The Balaban J connectivity index is 1.33. The summed E-state index contributed by atoms with van der Waals surface area (Å²) in [6, 6.07) is 10.3. The molecule has 1 aromatic carbocycles. The summed E-state index contributed by atoms with van der Waals surface area (Å²) in [5.74, 6) is -0.781. The van der Waals surface area contributed by atoms with Crippen LogP contribution in [-0.4, -0.2) is 77.1 Å². The van der Waals surface area contributed by atoms with E-state index in [9.17, 15) is 14.7 Å². The average molecular weight is 400 g/mol. The number of piperidine rings is 1. The van der Waals surface area contributed by atoms with Gasteiger partial charge in [0.15, 0.2) is 0 Å². The van der Waals surface area contributed by atoms with E-state index in [0.717, 1.165) is 31.7 Å². The van der Waals surface area contributed by atoms with Gasteiger partial charge < -0.3 is 14.9 Å². The van der Waals surface area contributed by atoms with E-state index in [1.54, 1.807) is 0 Å². The van der Waals surface area contributed by atoms with Crippen molar-refractivity contribution in [1.82, 2.24) is 14.7 Å². The number of piperazine rings is 1. The number of amides is 2. The highest BCUT2D eigenvalue weighted by Gasteiger charge is 2.44. The molecule has 0 atom stereocenters. The third kappa shape index (κ3) is 4.13. The number of carboxylic acid groups (broad SMARTS) is 1. The SMILES string of the molecule is O=C(N1CCN(C2CCCCC2)CC1)N1CCC(C(=O)O)(c2ccccc2)CC1. The summed E-state index contributed by atoms with van der Waals surface area (Å²) in [7, 11) is 0. The van der Waals surface area contributed by atoms with E-state index in [-0.39, 0.29) is 6.03 Å². The zero-order chi connectivity index (χ0) is 20.3. The zero-order valence-corrected chi connectivity index (χ0v) is 17.3. The van der Waals surface area contributed by atoms with Crippen LogP contribution in [0.2, 0.25) is 0 Å². The second kappa shape index (κ2) is 8.74. The normalized spacial score (nSPS) is 23.7. The summed E-state index contributed by atoms with van der Waals surface area (Å²) in [4.78, 5) is 31.6. The van der Waals surface area contributed by atoms with Crippen molar-refractivity contribution in [3.05, 3.63) is 35.9 Å². The first-order valence-electron chi connectivity index (χ1n) is 11.2. The third-order valence-corrected chi connectivity index (χ3v) is 7.30. The van der Waals surface area contributed by atoms with Gasteiger partial charge in [0.05, 0.1) is 5.41 Å². The van der Waals surface area contributed by atoms with Crippen molar-refractivity contribution in [3.8, 4) is 0 Å². The highest BCUT2D eigenvalue weighted by Crippen LogP contribution is 2.36. The fourth-order valence-corrected chi connectivity index (χ4v) is 5.39. The summed E-state index contributed by atoms with van der Waals surface area (Å²) in [6.07, 6.45) is 7.59. The van der Waals surface area contributed by atoms with Crippen LogP contribution in [-0.2, 0) is 10.2 Å². The minimum Gasteiger partial charge on any atom is -0.481 e. The molecule has 1 N–H and O–H groups in total. The molecule has 2 saturated heterocycles. The molecule has 2 amide bonds. The fourth-order valence-electron chi connectivity index (χ4n) is 5.39. The number of carboxylic acids is 1. The lowest BCUT2D eigenvalue weighted by molar-refractivity contribution is -0.145. The maximum Gasteiger partial charge on any atom is 0.320 e. The van der Waals surface area contributed by atoms with Gasteiger partial charge in [-0.05, 0) is 31.2 Å². The summed E-state index contributed by atoms with van der Waals surface area (Å²) in [5.41, 5.74) is -0.0294. The predicted octanol–water partition coefficient (Wildman–Crippen LogP) is 3.18. The molecule has 0 aromatic heterocycles. The van der Waals surface area contributed by atoms with Crippen molar-refractivity contribution in [1.29, 1.82) is 0 Å². The van der Waals surface area contributed by atoms with Gasteiger partial charge in [0.1, 0.15) is 0 Å². The number of aliphatic carboxylic acids is 1. The Morgan fingerprint density at radius 2 is 1.41 bits per heavy atom. The molecule has 3 aliphatic rings. The van der Waals surface area contributed by atoms with Crippen molar-refractivity contribution in [3.63, 3.8) is 0 Å².